The Bertz CT molecular complexity index is 1410. The van der Waals surface area contributed by atoms with Crippen LogP contribution in [0.3, 0.4) is 0 Å². The summed E-state index contributed by atoms with van der Waals surface area (Å²) in [6, 6.07) is 4.52. The number of pyridine rings is 3. The number of fused-ring (bicyclic) bond motifs is 1. The van der Waals surface area contributed by atoms with Crippen molar-refractivity contribution in [2.24, 2.45) is 0 Å². The first-order chi connectivity index (χ1) is 17.5. The Hall–Kier alpha value is -2.77. The molecule has 0 spiro atoms. The minimum atomic E-state index is -0.608. The minimum absolute atomic E-state index is 0. The van der Waals surface area contributed by atoms with Gasteiger partial charge in [-0.2, -0.15) is 0 Å². The maximum absolute atomic E-state index is 14.3. The van der Waals surface area contributed by atoms with E-state index in [9.17, 15) is 19.1 Å². The minimum Gasteiger partial charge on any atom is -0.486 e. The van der Waals surface area contributed by atoms with E-state index in [1.807, 2.05) is 6.07 Å². The molecule has 3 N–H and O–H groups in total. The molecule has 0 saturated carbocycles. The molecule has 1 amide bonds. The van der Waals surface area contributed by atoms with Crippen LogP contribution in [0.1, 0.15) is 18.0 Å². The zero-order chi connectivity index (χ0) is 24.8. The number of hydrogen-bond acceptors (Lipinski definition) is 9. The van der Waals surface area contributed by atoms with Crippen molar-refractivity contribution in [2.45, 2.75) is 36.2 Å². The van der Waals surface area contributed by atoms with E-state index in [2.05, 4.69) is 25.5 Å². The topological polar surface area (TPSA) is 122 Å². The number of β-amino-alcohol motifs (C(OH)–C–C–N with tert-alkyl or cyclic N) is 1. The van der Waals surface area contributed by atoms with Crippen molar-refractivity contribution < 1.29 is 19.0 Å². The van der Waals surface area contributed by atoms with Gasteiger partial charge in [0, 0.05) is 37.9 Å². The lowest BCUT2D eigenvalue weighted by Crippen LogP contribution is -2.54. The van der Waals surface area contributed by atoms with Gasteiger partial charge in [0.15, 0.2) is 11.6 Å². The highest BCUT2D eigenvalue weighted by atomic mass is 35.5. The highest BCUT2D eigenvalue weighted by Crippen LogP contribution is 2.33. The molecule has 1 fully saturated rings. The molecule has 13 heteroatoms. The Morgan fingerprint density at radius 2 is 2.14 bits per heavy atom. The number of nitrogens with one attached hydrogen (secondary N) is 2. The van der Waals surface area contributed by atoms with Crippen LogP contribution >= 0.6 is 24.2 Å². The highest BCUT2D eigenvalue weighted by molar-refractivity contribution is 8.00. The van der Waals surface area contributed by atoms with Crippen LogP contribution < -0.4 is 20.9 Å². The molecule has 1 saturated heterocycles. The van der Waals surface area contributed by atoms with Gasteiger partial charge in [0.1, 0.15) is 17.1 Å². The highest BCUT2D eigenvalue weighted by Gasteiger charge is 2.32. The number of carbonyl (C=O) groups is 1. The number of halogens is 2. The third kappa shape index (κ3) is 5.04. The van der Waals surface area contributed by atoms with Crippen molar-refractivity contribution in [3.63, 3.8) is 0 Å². The van der Waals surface area contributed by atoms with Gasteiger partial charge in [-0.25, -0.2) is 9.37 Å². The number of carbonyl (C=O) groups excluding carboxylic acids is 1. The van der Waals surface area contributed by atoms with E-state index in [1.165, 1.54) is 17.8 Å². The van der Waals surface area contributed by atoms with Crippen molar-refractivity contribution in [1.29, 1.82) is 0 Å². The van der Waals surface area contributed by atoms with Crippen LogP contribution in [0, 0.1) is 5.82 Å². The lowest BCUT2D eigenvalue weighted by atomic mass is 10.0. The predicted molar refractivity (Wildman–Crippen MR) is 139 cm³/mol. The average molecular weight is 549 g/mol. The van der Waals surface area contributed by atoms with Crippen molar-refractivity contribution in [1.82, 2.24) is 24.8 Å². The number of aliphatic hydroxyl groups is 1. The SMILES string of the molecule is Cl.O=C1CSc2ncc(CN[C@H]3CCN(C[C@@H]4COc5c(F)cnc6ccc(=O)n4c56)C[C@H]3O)cc2N1. The Kier molecular flexibility index (Phi) is 7.37. The van der Waals surface area contributed by atoms with Gasteiger partial charge in [-0.15, -0.1) is 12.4 Å². The van der Waals surface area contributed by atoms with Crippen LogP contribution in [0.4, 0.5) is 10.1 Å². The second-order valence-electron chi connectivity index (χ2n) is 9.31. The van der Waals surface area contributed by atoms with E-state index in [-0.39, 0.29) is 48.3 Å². The fraction of sp³-hybridized carbons (Fsp3) is 0.417. The van der Waals surface area contributed by atoms with E-state index >= 15 is 0 Å². The lowest BCUT2D eigenvalue weighted by Gasteiger charge is -2.39. The first kappa shape index (κ1) is 25.9. The van der Waals surface area contributed by atoms with Crippen molar-refractivity contribution >= 4 is 46.8 Å². The van der Waals surface area contributed by atoms with Gasteiger partial charge >= 0.3 is 0 Å². The summed E-state index contributed by atoms with van der Waals surface area (Å²) in [5.74, 6) is -0.182. The molecule has 3 aliphatic heterocycles. The molecule has 6 heterocycles. The molecular formula is C24H26ClFN6O4S. The first-order valence-corrected chi connectivity index (χ1v) is 12.8. The largest absolute Gasteiger partial charge is 0.486 e. The van der Waals surface area contributed by atoms with E-state index < -0.39 is 11.9 Å². The molecule has 6 rings (SSSR count). The number of thioether (sulfide) groups is 1. The van der Waals surface area contributed by atoms with E-state index in [0.717, 1.165) is 29.0 Å². The fourth-order valence-electron chi connectivity index (χ4n) is 5.12. The normalized spacial score (nSPS) is 23.1. The quantitative estimate of drug-likeness (QED) is 0.436. The lowest BCUT2D eigenvalue weighted by molar-refractivity contribution is -0.113. The Balaban J connectivity index is 0.00000280. The standard InChI is InChI=1S/C24H25FN6O4S.ClH/c25-15-8-27-17-1-2-21(34)31-14(11-35-23(15)22(17)31)9-30-4-3-16(19(32)10-30)26-6-13-5-18-24(28-7-13)36-12-20(33)29-18;/h1-2,5,7-8,14,16,19,26,32H,3-4,6,9-12H2,(H,29,33);1H/t14-,16+,19-;/m1./s1. The number of amides is 1. The fourth-order valence-corrected chi connectivity index (χ4v) is 5.86. The third-order valence-electron chi connectivity index (χ3n) is 6.86. The first-order valence-electron chi connectivity index (χ1n) is 11.8. The van der Waals surface area contributed by atoms with Crippen molar-refractivity contribution in [2.75, 3.05) is 37.3 Å². The number of ether oxygens (including phenoxy) is 1. The monoisotopic (exact) mass is 548 g/mol. The molecule has 3 aliphatic rings. The van der Waals surface area contributed by atoms with E-state index in [4.69, 9.17) is 4.74 Å². The summed E-state index contributed by atoms with van der Waals surface area (Å²) >= 11 is 1.42. The van der Waals surface area contributed by atoms with Gasteiger partial charge < -0.3 is 20.5 Å². The number of nitrogens with zero attached hydrogens (tertiary/aromatic N) is 4. The van der Waals surface area contributed by atoms with Gasteiger partial charge in [-0.3, -0.25) is 24.0 Å². The molecule has 0 aromatic carbocycles. The molecule has 3 atom stereocenters. The van der Waals surface area contributed by atoms with E-state index in [0.29, 0.717) is 42.8 Å². The van der Waals surface area contributed by atoms with Crippen molar-refractivity contribution in [3.05, 3.63) is 52.3 Å². The smallest absolute Gasteiger partial charge is 0.251 e. The number of aromatic nitrogens is 3. The number of anilines is 1. The number of likely N-dealkylation sites (tertiary alicyclic amines) is 1. The Morgan fingerprint density at radius 3 is 2.97 bits per heavy atom. The maximum Gasteiger partial charge on any atom is 0.251 e. The molecule has 3 aromatic rings. The molecule has 0 aliphatic carbocycles. The molecule has 0 radical (unpaired) electrons. The van der Waals surface area contributed by atoms with Crippen molar-refractivity contribution in [3.8, 4) is 5.75 Å². The van der Waals surface area contributed by atoms with Gasteiger partial charge in [0.2, 0.25) is 5.91 Å². The molecule has 0 bridgehead atoms. The Morgan fingerprint density at radius 1 is 1.27 bits per heavy atom. The molecule has 196 valence electrons. The van der Waals surface area contributed by atoms with Crippen LogP contribution in [0.5, 0.6) is 5.75 Å². The Labute approximate surface area is 222 Å². The van der Waals surface area contributed by atoms with Gasteiger partial charge in [0.25, 0.3) is 5.56 Å². The summed E-state index contributed by atoms with van der Waals surface area (Å²) in [6.07, 6.45) is 3.00. The zero-order valence-corrected chi connectivity index (χ0v) is 21.4. The summed E-state index contributed by atoms with van der Waals surface area (Å²) < 4.78 is 21.5. The predicted octanol–water partition coefficient (Wildman–Crippen LogP) is 1.56. The van der Waals surface area contributed by atoms with Crippen LogP contribution in [0.15, 0.2) is 40.4 Å². The third-order valence-corrected chi connectivity index (χ3v) is 7.87. The molecule has 3 aromatic heterocycles. The summed E-state index contributed by atoms with van der Waals surface area (Å²) in [5.41, 5.74) is 2.31. The number of rotatable bonds is 5. The van der Waals surface area contributed by atoms with Gasteiger partial charge in [-0.1, -0.05) is 11.8 Å². The van der Waals surface area contributed by atoms with Gasteiger partial charge in [0.05, 0.1) is 35.3 Å². The molecular weight excluding hydrogens is 523 g/mol. The van der Waals surface area contributed by atoms with E-state index in [1.54, 1.807) is 16.8 Å². The van der Waals surface area contributed by atoms with Crippen LogP contribution in [-0.4, -0.2) is 74.6 Å². The summed E-state index contributed by atoms with van der Waals surface area (Å²) in [4.78, 5) is 35.0. The number of aliphatic hydroxyl groups excluding tert-OH is 1. The summed E-state index contributed by atoms with van der Waals surface area (Å²) in [7, 11) is 0. The second-order valence-corrected chi connectivity index (χ2v) is 10.3. The number of piperidine rings is 1. The molecule has 10 nitrogen and oxygen atoms in total. The summed E-state index contributed by atoms with van der Waals surface area (Å²) in [5, 5.41) is 17.9. The molecule has 0 unspecified atom stereocenters. The van der Waals surface area contributed by atoms with Crippen LogP contribution in [-0.2, 0) is 11.3 Å². The van der Waals surface area contributed by atoms with Crippen LogP contribution in [0.2, 0.25) is 0 Å². The zero-order valence-electron chi connectivity index (χ0n) is 19.7. The average Bonchev–Trinajstić information content (AvgIpc) is 2.87. The van der Waals surface area contributed by atoms with Crippen LogP contribution in [0.25, 0.3) is 11.0 Å². The second kappa shape index (κ2) is 10.5. The number of hydrogen-bond donors (Lipinski definition) is 3. The summed E-state index contributed by atoms with van der Waals surface area (Å²) in [6.45, 7) is 2.33. The maximum atomic E-state index is 14.3. The van der Waals surface area contributed by atoms with Gasteiger partial charge in [-0.05, 0) is 30.7 Å². The molecule has 37 heavy (non-hydrogen) atoms.